The Morgan fingerprint density at radius 2 is 0.913 bits per heavy atom. The minimum Gasteiger partial charge on any atom is -0.374 e. The van der Waals surface area contributed by atoms with Crippen LogP contribution in [0.2, 0.25) is 6.04 Å². The molecule has 0 amide bonds. The van der Waals surface area contributed by atoms with Crippen molar-refractivity contribution in [2.45, 2.75) is 47.6 Å². The molecule has 0 radical (unpaired) electrons. The van der Waals surface area contributed by atoms with E-state index in [0.717, 1.165) is 0 Å². The quantitative estimate of drug-likeness (QED) is 0.415. The van der Waals surface area contributed by atoms with Crippen molar-refractivity contribution in [2.75, 3.05) is 39.6 Å². The lowest BCUT2D eigenvalue weighted by molar-refractivity contribution is 0.0741. The number of hydrogen-bond donors (Lipinski definition) is 0. The molecular formula is C15H34O6Si2. The van der Waals surface area contributed by atoms with Gasteiger partial charge < -0.3 is 26.6 Å². The zero-order valence-electron chi connectivity index (χ0n) is 15.6. The number of rotatable bonds is 15. The van der Waals surface area contributed by atoms with Crippen LogP contribution in [0.1, 0.15) is 41.5 Å². The summed E-state index contributed by atoms with van der Waals surface area (Å²) in [7, 11) is -5.48. The van der Waals surface area contributed by atoms with Crippen LogP contribution in [0.25, 0.3) is 0 Å². The highest BCUT2D eigenvalue weighted by molar-refractivity contribution is 6.67. The fourth-order valence-electron chi connectivity index (χ4n) is 2.18. The second-order valence-corrected chi connectivity index (χ2v) is 9.54. The predicted molar refractivity (Wildman–Crippen MR) is 95.2 cm³/mol. The van der Waals surface area contributed by atoms with Crippen molar-refractivity contribution in [3.8, 4) is 0 Å². The van der Waals surface area contributed by atoms with E-state index < -0.39 is 17.6 Å². The minimum absolute atomic E-state index is 0.543. The molecule has 0 rings (SSSR count). The van der Waals surface area contributed by atoms with Gasteiger partial charge in [-0.15, -0.1) is 0 Å². The second-order valence-electron chi connectivity index (χ2n) is 4.49. The molecule has 0 heterocycles. The fraction of sp³-hybridized carbons (Fsp3) is 0.867. The van der Waals surface area contributed by atoms with Crippen LogP contribution in [0.3, 0.4) is 0 Å². The third-order valence-corrected chi connectivity index (χ3v) is 8.46. The highest BCUT2D eigenvalue weighted by Gasteiger charge is 2.41. The molecular weight excluding hydrogens is 332 g/mol. The molecule has 0 unspecified atom stereocenters. The zero-order valence-corrected chi connectivity index (χ0v) is 17.6. The first-order valence-electron chi connectivity index (χ1n) is 8.58. The smallest absolute Gasteiger partial charge is 0.374 e. The van der Waals surface area contributed by atoms with Crippen LogP contribution < -0.4 is 0 Å². The average molecular weight is 367 g/mol. The summed E-state index contributed by atoms with van der Waals surface area (Å²) in [5, 5.41) is 0. The topological polar surface area (TPSA) is 55.4 Å². The third kappa shape index (κ3) is 8.55. The second kappa shape index (κ2) is 13.2. The van der Waals surface area contributed by atoms with Crippen molar-refractivity contribution in [2.24, 2.45) is 0 Å². The monoisotopic (exact) mass is 366 g/mol. The highest BCUT2D eigenvalue weighted by Crippen LogP contribution is 2.19. The van der Waals surface area contributed by atoms with E-state index in [4.69, 9.17) is 26.6 Å². The molecule has 0 atom stereocenters. The Hall–Kier alpha value is -0.0662. The first-order valence-corrected chi connectivity index (χ1v) is 12.3. The molecule has 0 aliphatic rings. The van der Waals surface area contributed by atoms with Gasteiger partial charge in [0, 0.05) is 45.7 Å². The van der Waals surface area contributed by atoms with E-state index in [1.807, 2.05) is 53.3 Å². The SMILES string of the molecule is CCO[Si](/C=C\C[Si](OCC)(OCC)OCC)(OCC)OCC. The van der Waals surface area contributed by atoms with Gasteiger partial charge in [-0.1, -0.05) is 6.08 Å². The van der Waals surface area contributed by atoms with Crippen molar-refractivity contribution in [1.82, 2.24) is 0 Å². The molecule has 0 saturated carbocycles. The van der Waals surface area contributed by atoms with Gasteiger partial charge in [0.25, 0.3) is 0 Å². The van der Waals surface area contributed by atoms with Crippen LogP contribution in [0, 0.1) is 0 Å². The summed E-state index contributed by atoms with van der Waals surface area (Å²) >= 11 is 0. The van der Waals surface area contributed by atoms with Crippen LogP contribution in [0.4, 0.5) is 0 Å². The average Bonchev–Trinajstić information content (AvgIpc) is 2.49. The lowest BCUT2D eigenvalue weighted by atomic mass is 10.8. The normalized spacial score (nSPS) is 13.1. The van der Waals surface area contributed by atoms with Crippen molar-refractivity contribution < 1.29 is 26.6 Å². The van der Waals surface area contributed by atoms with Gasteiger partial charge in [0.15, 0.2) is 0 Å². The van der Waals surface area contributed by atoms with Crippen molar-refractivity contribution >= 4 is 17.6 Å². The van der Waals surface area contributed by atoms with E-state index >= 15 is 0 Å². The maximum absolute atomic E-state index is 5.84. The molecule has 0 N–H and O–H groups in total. The Morgan fingerprint density at radius 3 is 1.22 bits per heavy atom. The summed E-state index contributed by atoms with van der Waals surface area (Å²) in [5.41, 5.74) is 1.92. The standard InChI is InChI=1S/C15H34O6Si2/c1-7-16-22(17-8-2,18-9-3)14-13-15-23(19-10-4,20-11-5)21-12-6/h13-14H,7-12,15H2,1-6H3/b14-13-. The van der Waals surface area contributed by atoms with E-state index in [9.17, 15) is 0 Å². The molecule has 0 saturated heterocycles. The van der Waals surface area contributed by atoms with E-state index in [-0.39, 0.29) is 0 Å². The van der Waals surface area contributed by atoms with Gasteiger partial charge in [-0.25, -0.2) is 0 Å². The van der Waals surface area contributed by atoms with Crippen molar-refractivity contribution in [3.05, 3.63) is 11.8 Å². The molecule has 0 aromatic heterocycles. The lowest BCUT2D eigenvalue weighted by Gasteiger charge is -2.28. The zero-order chi connectivity index (χ0) is 17.6. The summed E-state index contributed by atoms with van der Waals surface area (Å²) in [4.78, 5) is 0. The molecule has 0 aliphatic carbocycles. The molecule has 0 aromatic carbocycles. The Morgan fingerprint density at radius 1 is 0.565 bits per heavy atom. The van der Waals surface area contributed by atoms with Gasteiger partial charge in [0.2, 0.25) is 0 Å². The van der Waals surface area contributed by atoms with Gasteiger partial charge in [-0.05, 0) is 47.2 Å². The van der Waals surface area contributed by atoms with E-state index in [0.29, 0.717) is 45.7 Å². The molecule has 0 spiro atoms. The summed E-state index contributed by atoms with van der Waals surface area (Å²) in [5.74, 6) is 0. The van der Waals surface area contributed by atoms with Crippen LogP contribution in [-0.2, 0) is 26.6 Å². The molecule has 0 aromatic rings. The first-order chi connectivity index (χ1) is 11.1. The van der Waals surface area contributed by atoms with Gasteiger partial charge in [-0.2, -0.15) is 0 Å². The fourth-order valence-corrected chi connectivity index (χ4v) is 6.90. The van der Waals surface area contributed by atoms with Gasteiger partial charge in [-0.3, -0.25) is 0 Å². The van der Waals surface area contributed by atoms with E-state index in [1.165, 1.54) is 0 Å². The third-order valence-electron chi connectivity index (χ3n) is 2.82. The minimum atomic E-state index is -2.79. The van der Waals surface area contributed by atoms with Crippen LogP contribution in [0.15, 0.2) is 11.8 Å². The molecule has 8 heteroatoms. The number of allylic oxidation sites excluding steroid dienone is 1. The van der Waals surface area contributed by atoms with Gasteiger partial charge in [0.1, 0.15) is 0 Å². The van der Waals surface area contributed by atoms with Crippen LogP contribution in [0.5, 0.6) is 0 Å². The van der Waals surface area contributed by atoms with Crippen LogP contribution >= 0.6 is 0 Å². The van der Waals surface area contributed by atoms with Crippen molar-refractivity contribution in [3.63, 3.8) is 0 Å². The lowest BCUT2D eigenvalue weighted by Crippen LogP contribution is -2.47. The van der Waals surface area contributed by atoms with Crippen LogP contribution in [-0.4, -0.2) is 57.3 Å². The molecule has 23 heavy (non-hydrogen) atoms. The maximum Gasteiger partial charge on any atom is 0.529 e. The van der Waals surface area contributed by atoms with E-state index in [1.54, 1.807) is 0 Å². The molecule has 0 aliphatic heterocycles. The Labute approximate surface area is 143 Å². The Balaban J connectivity index is 5.13. The molecule has 138 valence electrons. The molecule has 0 fully saturated rings. The maximum atomic E-state index is 5.84. The summed E-state index contributed by atoms with van der Waals surface area (Å²) in [6, 6.07) is 0.574. The molecule has 0 bridgehead atoms. The predicted octanol–water partition coefficient (Wildman–Crippen LogP) is 3.18. The van der Waals surface area contributed by atoms with E-state index in [2.05, 4.69) is 0 Å². The Bertz CT molecular complexity index is 280. The summed E-state index contributed by atoms with van der Waals surface area (Å²) < 4.78 is 34.9. The first kappa shape index (κ1) is 22.9. The van der Waals surface area contributed by atoms with Gasteiger partial charge >= 0.3 is 17.6 Å². The molecule has 6 nitrogen and oxygen atoms in total. The number of hydrogen-bond acceptors (Lipinski definition) is 6. The summed E-state index contributed by atoms with van der Waals surface area (Å²) in [6.07, 6.45) is 1.97. The Kier molecular flexibility index (Phi) is 13.2. The van der Waals surface area contributed by atoms with Gasteiger partial charge in [0.05, 0.1) is 0 Å². The largest absolute Gasteiger partial charge is 0.529 e. The summed E-state index contributed by atoms with van der Waals surface area (Å²) in [6.45, 7) is 15.0. The van der Waals surface area contributed by atoms with Crippen molar-refractivity contribution in [1.29, 1.82) is 0 Å². The highest BCUT2D eigenvalue weighted by atomic mass is 28.4.